The zero-order chi connectivity index (χ0) is 9.26. The molecule has 0 atom stereocenters. The summed E-state index contributed by atoms with van der Waals surface area (Å²) >= 11 is 0.225. The molecule has 0 unspecified atom stereocenters. The fraction of sp³-hybridized carbons (Fsp3) is 0.273. The average Bonchev–Trinajstić information content (AvgIpc) is 2.71. The molecular formula is C11H13NRu. The third-order valence-electron chi connectivity index (χ3n) is 2.31. The molecule has 13 heavy (non-hydrogen) atoms. The molecule has 0 radical (unpaired) electrons. The number of H-pyrrole nitrogens is 1. The van der Waals surface area contributed by atoms with Crippen LogP contribution in [0.2, 0.25) is 0 Å². The molecule has 2 heteroatoms. The van der Waals surface area contributed by atoms with Gasteiger partial charge in [0, 0.05) is 0 Å². The number of aromatic amines is 1. The molecule has 0 spiro atoms. The summed E-state index contributed by atoms with van der Waals surface area (Å²) in [6.45, 7) is 4.47. The Kier molecular flexibility index (Phi) is 2.50. The van der Waals surface area contributed by atoms with Crippen molar-refractivity contribution in [1.29, 1.82) is 0 Å². The minimum atomic E-state index is 0.225. The van der Waals surface area contributed by atoms with Crippen molar-refractivity contribution in [3.63, 3.8) is 0 Å². The molecule has 0 fully saturated rings. The third-order valence-corrected chi connectivity index (χ3v) is 4.80. The van der Waals surface area contributed by atoms with E-state index >= 15 is 0 Å². The van der Waals surface area contributed by atoms with Crippen LogP contribution in [0.25, 0.3) is 0 Å². The minimum absolute atomic E-state index is 0.225. The quantitative estimate of drug-likeness (QED) is 0.786. The van der Waals surface area contributed by atoms with Crippen molar-refractivity contribution in [2.24, 2.45) is 0 Å². The number of allylic oxidation sites excluding steroid dienone is 4. The Morgan fingerprint density at radius 2 is 2.23 bits per heavy atom. The van der Waals surface area contributed by atoms with Crippen molar-refractivity contribution >= 4 is 4.29 Å². The van der Waals surface area contributed by atoms with Gasteiger partial charge in [0.25, 0.3) is 0 Å². The summed E-state index contributed by atoms with van der Waals surface area (Å²) < 4.78 is 2.97. The van der Waals surface area contributed by atoms with Gasteiger partial charge in [0.05, 0.1) is 0 Å². The van der Waals surface area contributed by atoms with Gasteiger partial charge in [-0.2, -0.15) is 0 Å². The zero-order valence-electron chi connectivity index (χ0n) is 7.87. The Bertz CT molecular complexity index is 357. The van der Waals surface area contributed by atoms with E-state index in [1.165, 1.54) is 15.4 Å². The summed E-state index contributed by atoms with van der Waals surface area (Å²) in [5.41, 5.74) is 3.06. The number of rotatable bonds is 2. The summed E-state index contributed by atoms with van der Waals surface area (Å²) in [6.07, 6.45) is 5.55. The molecule has 0 saturated heterocycles. The summed E-state index contributed by atoms with van der Waals surface area (Å²) in [7, 11) is 0. The van der Waals surface area contributed by atoms with Crippen LogP contribution in [0.3, 0.4) is 0 Å². The maximum atomic E-state index is 3.28. The molecule has 0 saturated carbocycles. The second-order valence-corrected chi connectivity index (χ2v) is 5.55. The van der Waals surface area contributed by atoms with Crippen LogP contribution < -0.4 is 4.29 Å². The summed E-state index contributed by atoms with van der Waals surface area (Å²) in [5, 5.41) is 0. The van der Waals surface area contributed by atoms with Gasteiger partial charge in [-0.25, -0.2) is 0 Å². The van der Waals surface area contributed by atoms with Crippen LogP contribution in [0.5, 0.6) is 0 Å². The number of aromatic nitrogens is 1. The van der Waals surface area contributed by atoms with Gasteiger partial charge in [-0.3, -0.25) is 0 Å². The Labute approximate surface area is 86.5 Å². The van der Waals surface area contributed by atoms with Gasteiger partial charge in [-0.05, 0) is 0 Å². The van der Waals surface area contributed by atoms with Crippen molar-refractivity contribution < 1.29 is 17.1 Å². The molecule has 0 aliphatic heterocycles. The summed E-state index contributed by atoms with van der Waals surface area (Å²) in [4.78, 5) is 3.28. The van der Waals surface area contributed by atoms with E-state index in [1.807, 2.05) is 6.20 Å². The van der Waals surface area contributed by atoms with Gasteiger partial charge in [-0.15, -0.1) is 0 Å². The predicted molar refractivity (Wildman–Crippen MR) is 51.5 cm³/mol. The van der Waals surface area contributed by atoms with Gasteiger partial charge in [0.15, 0.2) is 0 Å². The standard InChI is InChI=1S/C7H9.C4H4N.Ru/c1-6-4-3-5-7(6)2;1-2-4-5-3-1;/h3H,4H2,1-2H3;1-3,5H;. The molecule has 1 nitrogen and oxygen atoms in total. The van der Waals surface area contributed by atoms with Crippen LogP contribution in [0.1, 0.15) is 20.3 Å². The maximum absolute atomic E-state index is 3.28. The van der Waals surface area contributed by atoms with Gasteiger partial charge in [0.1, 0.15) is 0 Å². The first kappa shape index (κ1) is 8.96. The van der Waals surface area contributed by atoms with Gasteiger partial charge >= 0.3 is 86.4 Å². The van der Waals surface area contributed by atoms with Crippen molar-refractivity contribution in [2.75, 3.05) is 0 Å². The second-order valence-electron chi connectivity index (χ2n) is 3.24. The number of hydrogen-bond acceptors (Lipinski definition) is 0. The second kappa shape index (κ2) is 3.63. The molecule has 1 aliphatic rings. The van der Waals surface area contributed by atoms with Crippen LogP contribution >= 0.6 is 0 Å². The Balaban J connectivity index is 2.13. The third kappa shape index (κ3) is 1.83. The number of nitrogens with one attached hydrogen (secondary N) is 1. The zero-order valence-corrected chi connectivity index (χ0v) is 9.61. The number of hydrogen-bond donors (Lipinski definition) is 1. The van der Waals surface area contributed by atoms with Crippen molar-refractivity contribution in [3.8, 4) is 0 Å². The molecule has 1 N–H and O–H groups in total. The summed E-state index contributed by atoms with van der Waals surface area (Å²) in [6, 6.07) is 4.26. The van der Waals surface area contributed by atoms with E-state index in [2.05, 4.69) is 37.0 Å². The van der Waals surface area contributed by atoms with E-state index in [4.69, 9.17) is 0 Å². The Morgan fingerprint density at radius 3 is 2.77 bits per heavy atom. The monoisotopic (exact) mass is 261 g/mol. The Hall–Kier alpha value is -0.617. The van der Waals surface area contributed by atoms with Crippen LogP contribution in [-0.4, -0.2) is 4.98 Å². The molecule has 1 heterocycles. The molecule has 2 rings (SSSR count). The van der Waals surface area contributed by atoms with Crippen LogP contribution in [-0.2, 0) is 17.1 Å². The molecule has 1 aromatic rings. The van der Waals surface area contributed by atoms with E-state index in [-0.39, 0.29) is 17.1 Å². The topological polar surface area (TPSA) is 15.8 Å². The normalized spacial score (nSPS) is 16.9. The van der Waals surface area contributed by atoms with Crippen molar-refractivity contribution in [1.82, 2.24) is 4.98 Å². The van der Waals surface area contributed by atoms with Crippen molar-refractivity contribution in [3.05, 3.63) is 39.7 Å². The molecule has 70 valence electrons. The molecule has 1 aliphatic carbocycles. The molecule has 0 amide bonds. The Morgan fingerprint density at radius 1 is 1.38 bits per heavy atom. The van der Waals surface area contributed by atoms with E-state index in [9.17, 15) is 0 Å². The van der Waals surface area contributed by atoms with Gasteiger partial charge in [-0.1, -0.05) is 0 Å². The predicted octanol–water partition coefficient (Wildman–Crippen LogP) is 2.35. The van der Waals surface area contributed by atoms with E-state index in [0.717, 1.165) is 6.42 Å². The fourth-order valence-electron chi connectivity index (χ4n) is 1.31. The van der Waals surface area contributed by atoms with E-state index in [0.29, 0.717) is 0 Å². The first-order valence-corrected chi connectivity index (χ1v) is 6.14. The van der Waals surface area contributed by atoms with Crippen LogP contribution in [0, 0.1) is 0 Å². The first-order chi connectivity index (χ1) is 6.27. The van der Waals surface area contributed by atoms with Gasteiger partial charge in [0.2, 0.25) is 0 Å². The van der Waals surface area contributed by atoms with Crippen LogP contribution in [0.4, 0.5) is 0 Å². The molecular weight excluding hydrogens is 247 g/mol. The fourth-order valence-corrected chi connectivity index (χ4v) is 3.45. The first-order valence-electron chi connectivity index (χ1n) is 4.40. The van der Waals surface area contributed by atoms with E-state index in [1.54, 1.807) is 4.17 Å². The SMILES string of the molecule is CC1=C(C)[C]([Ru][c]2ccc[nH]2)=CC1. The summed E-state index contributed by atoms with van der Waals surface area (Å²) in [5.74, 6) is 0. The van der Waals surface area contributed by atoms with Crippen molar-refractivity contribution in [2.45, 2.75) is 20.3 Å². The molecule has 1 aromatic heterocycles. The average molecular weight is 260 g/mol. The molecule has 0 bridgehead atoms. The van der Waals surface area contributed by atoms with Gasteiger partial charge < -0.3 is 0 Å². The van der Waals surface area contributed by atoms with E-state index < -0.39 is 0 Å². The molecule has 0 aromatic carbocycles. The van der Waals surface area contributed by atoms with Crippen LogP contribution in [0.15, 0.2) is 39.7 Å².